The molecular weight excluding hydrogens is 168 g/mol. The monoisotopic (exact) mass is 181 g/mol. The van der Waals surface area contributed by atoms with Gasteiger partial charge in [0.1, 0.15) is 0 Å². The van der Waals surface area contributed by atoms with Crippen LogP contribution in [0.4, 0.5) is 12.9 Å². The van der Waals surface area contributed by atoms with E-state index >= 15 is 0 Å². The Hall–Kier alpha value is -0.188. The molecule has 11 heavy (non-hydrogen) atoms. The molecule has 0 saturated carbocycles. The highest BCUT2D eigenvalue weighted by Crippen LogP contribution is 2.15. The second-order valence-electron chi connectivity index (χ2n) is 3.71. The molecule has 0 bridgehead atoms. The van der Waals surface area contributed by atoms with Gasteiger partial charge in [0, 0.05) is 0 Å². The highest BCUT2D eigenvalue weighted by molar-refractivity contribution is 6.81. The lowest BCUT2D eigenvalue weighted by Gasteiger charge is -2.12. The van der Waals surface area contributed by atoms with Crippen LogP contribution in [0.3, 0.4) is 0 Å². The fourth-order valence-corrected chi connectivity index (χ4v) is 1.42. The Morgan fingerprint density at radius 3 is 1.91 bits per heavy atom. The third-order valence-corrected chi connectivity index (χ3v) is 2.26. The standard InChI is InChI=1S/C6H13BF3Si/c1-11(2,3)6-4-5-7(8,9)10/h4,6H,5H2,1-3H3/q-1/b6-4+. The molecule has 0 radical (unpaired) electrons. The molecule has 0 spiro atoms. The van der Waals surface area contributed by atoms with Crippen molar-refractivity contribution in [2.75, 3.05) is 0 Å². The molecule has 0 N–H and O–H groups in total. The fraction of sp³-hybridized carbons (Fsp3) is 0.667. The first-order chi connectivity index (χ1) is 4.71. The van der Waals surface area contributed by atoms with Gasteiger partial charge < -0.3 is 12.9 Å². The molecule has 0 heterocycles. The maximum Gasteiger partial charge on any atom is 0.481 e. The molecular formula is C6H13BF3Si-. The summed E-state index contributed by atoms with van der Waals surface area (Å²) in [4.78, 5) is 0. The molecule has 0 amide bonds. The molecule has 0 aliphatic rings. The Bertz CT molecular complexity index is 145. The Morgan fingerprint density at radius 1 is 1.18 bits per heavy atom. The first kappa shape index (κ1) is 10.8. The number of hydrogen-bond donors (Lipinski definition) is 0. The maximum atomic E-state index is 11.7. The van der Waals surface area contributed by atoms with E-state index in [-0.39, 0.29) is 0 Å². The number of hydrogen-bond acceptors (Lipinski definition) is 0. The van der Waals surface area contributed by atoms with E-state index in [1.54, 1.807) is 5.70 Å². The largest absolute Gasteiger partial charge is 0.481 e. The molecule has 0 aliphatic carbocycles. The van der Waals surface area contributed by atoms with Crippen molar-refractivity contribution in [1.82, 2.24) is 0 Å². The van der Waals surface area contributed by atoms with E-state index in [9.17, 15) is 12.9 Å². The topological polar surface area (TPSA) is 0 Å². The van der Waals surface area contributed by atoms with Crippen molar-refractivity contribution in [2.24, 2.45) is 0 Å². The van der Waals surface area contributed by atoms with Crippen LogP contribution in [-0.2, 0) is 0 Å². The first-order valence-corrected chi connectivity index (χ1v) is 7.17. The third-order valence-electron chi connectivity index (χ3n) is 1.02. The van der Waals surface area contributed by atoms with Gasteiger partial charge in [-0.15, -0.1) is 11.8 Å². The minimum absolute atomic E-state index is 0.732. The zero-order chi connectivity index (χ0) is 9.12. The molecule has 0 nitrogen and oxygen atoms in total. The summed E-state index contributed by atoms with van der Waals surface area (Å²) in [7, 11) is -1.43. The molecule has 0 aliphatic heterocycles. The minimum Gasteiger partial charge on any atom is -0.449 e. The second kappa shape index (κ2) is 3.47. The molecule has 0 fully saturated rings. The zero-order valence-electron chi connectivity index (χ0n) is 7.07. The predicted octanol–water partition coefficient (Wildman–Crippen LogP) is 3.27. The van der Waals surface area contributed by atoms with Crippen molar-refractivity contribution in [1.29, 1.82) is 0 Å². The third kappa shape index (κ3) is 9.81. The zero-order valence-corrected chi connectivity index (χ0v) is 8.07. The van der Waals surface area contributed by atoms with Gasteiger partial charge in [-0.25, -0.2) is 0 Å². The van der Waals surface area contributed by atoms with Crippen molar-refractivity contribution < 1.29 is 12.9 Å². The Labute approximate surface area is 66.6 Å². The van der Waals surface area contributed by atoms with Crippen LogP contribution in [-0.4, -0.2) is 15.1 Å². The smallest absolute Gasteiger partial charge is 0.449 e. The average Bonchev–Trinajstić information content (AvgIpc) is 1.55. The lowest BCUT2D eigenvalue weighted by Crippen LogP contribution is -2.17. The Balaban J connectivity index is 3.80. The SMILES string of the molecule is C[Si](C)(C)/C=C/C[B-](F)(F)F. The summed E-state index contributed by atoms with van der Waals surface area (Å²) in [6, 6.07) is 0. The van der Waals surface area contributed by atoms with E-state index in [1.165, 1.54) is 6.08 Å². The minimum atomic E-state index is -4.62. The van der Waals surface area contributed by atoms with Gasteiger partial charge in [0.25, 0.3) is 0 Å². The highest BCUT2D eigenvalue weighted by Gasteiger charge is 2.20. The Morgan fingerprint density at radius 2 is 1.64 bits per heavy atom. The van der Waals surface area contributed by atoms with Crippen LogP contribution in [0, 0.1) is 0 Å². The highest BCUT2D eigenvalue weighted by atomic mass is 28.3. The molecule has 5 heteroatoms. The van der Waals surface area contributed by atoms with Gasteiger partial charge in [0.15, 0.2) is 0 Å². The molecule has 66 valence electrons. The predicted molar refractivity (Wildman–Crippen MR) is 46.4 cm³/mol. The van der Waals surface area contributed by atoms with E-state index in [1.807, 2.05) is 19.6 Å². The molecule has 0 aromatic heterocycles. The lowest BCUT2D eigenvalue weighted by molar-refractivity contribution is 0.478. The van der Waals surface area contributed by atoms with Gasteiger partial charge >= 0.3 is 6.98 Å². The lowest BCUT2D eigenvalue weighted by atomic mass is 9.87. The van der Waals surface area contributed by atoms with Crippen LogP contribution in [0.1, 0.15) is 0 Å². The molecule has 0 aromatic carbocycles. The number of halogens is 3. The van der Waals surface area contributed by atoms with Crippen LogP contribution in [0.5, 0.6) is 0 Å². The summed E-state index contributed by atoms with van der Waals surface area (Å²) in [5.41, 5.74) is 1.72. The maximum absolute atomic E-state index is 11.7. The molecule has 0 rings (SSSR count). The van der Waals surface area contributed by atoms with Gasteiger partial charge in [-0.1, -0.05) is 26.0 Å². The van der Waals surface area contributed by atoms with Crippen LogP contribution in [0.2, 0.25) is 26.0 Å². The van der Waals surface area contributed by atoms with Gasteiger partial charge in [0.05, 0.1) is 8.07 Å². The number of allylic oxidation sites excluding steroid dienone is 1. The van der Waals surface area contributed by atoms with Gasteiger partial charge in [-0.05, 0) is 0 Å². The van der Waals surface area contributed by atoms with Crippen molar-refractivity contribution in [2.45, 2.75) is 26.0 Å². The van der Waals surface area contributed by atoms with E-state index in [0.717, 1.165) is 0 Å². The van der Waals surface area contributed by atoms with Crippen molar-refractivity contribution in [3.63, 3.8) is 0 Å². The van der Waals surface area contributed by atoms with E-state index in [0.29, 0.717) is 0 Å². The van der Waals surface area contributed by atoms with Gasteiger partial charge in [-0.3, -0.25) is 0 Å². The van der Waals surface area contributed by atoms with E-state index in [2.05, 4.69) is 0 Å². The van der Waals surface area contributed by atoms with Crippen molar-refractivity contribution >= 4 is 15.1 Å². The molecule has 0 unspecified atom stereocenters. The summed E-state index contributed by atoms with van der Waals surface area (Å²) in [5, 5.41) is 0. The van der Waals surface area contributed by atoms with Crippen LogP contribution in [0.25, 0.3) is 0 Å². The Kier molecular flexibility index (Phi) is 3.41. The molecule has 0 atom stereocenters. The summed E-state index contributed by atoms with van der Waals surface area (Å²) in [6.07, 6.45) is 0.524. The summed E-state index contributed by atoms with van der Waals surface area (Å²) >= 11 is 0. The van der Waals surface area contributed by atoms with Gasteiger partial charge in [-0.2, -0.15) is 0 Å². The van der Waals surface area contributed by atoms with Crippen molar-refractivity contribution in [3.05, 3.63) is 11.8 Å². The summed E-state index contributed by atoms with van der Waals surface area (Å²) in [5.74, 6) is 0. The molecule has 0 saturated heterocycles. The quantitative estimate of drug-likeness (QED) is 0.586. The first-order valence-electron chi connectivity index (χ1n) is 3.59. The van der Waals surface area contributed by atoms with E-state index in [4.69, 9.17) is 0 Å². The van der Waals surface area contributed by atoms with Crippen LogP contribution in [0.15, 0.2) is 11.8 Å². The fourth-order valence-electron chi connectivity index (χ4n) is 0.576. The van der Waals surface area contributed by atoms with Gasteiger partial charge in [0.2, 0.25) is 0 Å². The van der Waals surface area contributed by atoms with Crippen molar-refractivity contribution in [3.8, 4) is 0 Å². The average molecular weight is 181 g/mol. The number of rotatable bonds is 3. The normalized spacial score (nSPS) is 14.4. The summed E-state index contributed by atoms with van der Waals surface area (Å²) in [6.45, 7) is 1.40. The van der Waals surface area contributed by atoms with Crippen LogP contribution >= 0.6 is 0 Å². The molecule has 0 aromatic rings. The second-order valence-corrected chi connectivity index (χ2v) is 8.78. The summed E-state index contributed by atoms with van der Waals surface area (Å²) < 4.78 is 35.0. The van der Waals surface area contributed by atoms with E-state index < -0.39 is 21.4 Å². The van der Waals surface area contributed by atoms with Crippen LogP contribution < -0.4 is 0 Å².